The number of carbonyl (C=O) groups is 1. The van der Waals surface area contributed by atoms with Crippen LogP contribution in [0, 0.1) is 0 Å². The van der Waals surface area contributed by atoms with Crippen molar-refractivity contribution in [3.8, 4) is 11.4 Å². The number of carbonyl (C=O) groups excluding carboxylic acids is 1. The Bertz CT molecular complexity index is 1080. The largest absolute Gasteiger partial charge is 0.385 e. The number of nitrogens with zero attached hydrogens (tertiary/aromatic N) is 4. The first-order valence-corrected chi connectivity index (χ1v) is 10.8. The van der Waals surface area contributed by atoms with Crippen LogP contribution in [0.15, 0.2) is 34.8 Å². The van der Waals surface area contributed by atoms with Gasteiger partial charge in [0.25, 0.3) is 5.91 Å². The Labute approximate surface area is 171 Å². The minimum absolute atomic E-state index is 0.133. The van der Waals surface area contributed by atoms with Crippen molar-refractivity contribution in [2.45, 2.75) is 25.7 Å². The summed E-state index contributed by atoms with van der Waals surface area (Å²) in [6.07, 6.45) is 4.38. The van der Waals surface area contributed by atoms with Crippen molar-refractivity contribution < 1.29 is 4.79 Å². The van der Waals surface area contributed by atoms with Crippen LogP contribution < -0.4 is 5.32 Å². The first-order valence-electron chi connectivity index (χ1n) is 9.44. The van der Waals surface area contributed by atoms with E-state index in [4.69, 9.17) is 11.6 Å². The molecule has 28 heavy (non-hydrogen) atoms. The zero-order valence-corrected chi connectivity index (χ0v) is 17.1. The van der Waals surface area contributed by atoms with E-state index in [2.05, 4.69) is 27.5 Å². The number of aromatic nitrogens is 3. The van der Waals surface area contributed by atoms with Crippen molar-refractivity contribution in [1.29, 1.82) is 0 Å². The molecule has 0 bridgehead atoms. The summed E-state index contributed by atoms with van der Waals surface area (Å²) < 4.78 is 1.77. The lowest BCUT2D eigenvalue weighted by atomic mass is 10.1. The summed E-state index contributed by atoms with van der Waals surface area (Å²) in [5.41, 5.74) is 6.92. The summed E-state index contributed by atoms with van der Waals surface area (Å²) in [4.78, 5) is 19.4. The summed E-state index contributed by atoms with van der Waals surface area (Å²) in [6, 6.07) is 4.22. The molecule has 0 atom stereocenters. The lowest BCUT2D eigenvalue weighted by molar-refractivity contribution is 0.0748. The lowest BCUT2D eigenvalue weighted by Gasteiger charge is -2.29. The van der Waals surface area contributed by atoms with Gasteiger partial charge < -0.3 is 10.2 Å². The number of allylic oxidation sites excluding steroid dienone is 1. The Hall–Kier alpha value is -2.38. The van der Waals surface area contributed by atoms with Crippen LogP contribution in [-0.2, 0) is 0 Å². The topological polar surface area (TPSA) is 62.5 Å². The van der Waals surface area contributed by atoms with Crippen molar-refractivity contribution in [3.63, 3.8) is 0 Å². The van der Waals surface area contributed by atoms with Gasteiger partial charge in [-0.1, -0.05) is 17.7 Å². The molecular weight excluding hydrogens is 394 g/mol. The smallest absolute Gasteiger partial charge is 0.276 e. The summed E-state index contributed by atoms with van der Waals surface area (Å²) in [7, 11) is 0. The van der Waals surface area contributed by atoms with E-state index in [9.17, 15) is 4.79 Å². The molecule has 3 aromatic rings. The molecular formula is C20H20ClN5OS. The molecule has 1 N–H and O–H groups in total. The number of piperazine rings is 1. The predicted molar refractivity (Wildman–Crippen MR) is 111 cm³/mol. The summed E-state index contributed by atoms with van der Waals surface area (Å²) in [5.74, 6) is 0.435. The van der Waals surface area contributed by atoms with Gasteiger partial charge in [-0.05, 0) is 43.4 Å². The van der Waals surface area contributed by atoms with E-state index < -0.39 is 0 Å². The molecule has 1 aliphatic heterocycles. The van der Waals surface area contributed by atoms with Crippen LogP contribution in [0.3, 0.4) is 0 Å². The molecule has 8 heteroatoms. The van der Waals surface area contributed by atoms with Gasteiger partial charge in [0.05, 0.1) is 34.0 Å². The fourth-order valence-electron chi connectivity index (χ4n) is 3.66. The van der Waals surface area contributed by atoms with Gasteiger partial charge in [-0.2, -0.15) is 5.10 Å². The van der Waals surface area contributed by atoms with Crippen LogP contribution in [0.5, 0.6) is 0 Å². The molecule has 1 amide bonds. The third-order valence-electron chi connectivity index (χ3n) is 5.37. The molecule has 2 fully saturated rings. The quantitative estimate of drug-likeness (QED) is 0.706. The highest BCUT2D eigenvalue weighted by Gasteiger charge is 2.29. The highest BCUT2D eigenvalue weighted by molar-refractivity contribution is 7.07. The molecule has 1 saturated carbocycles. The Morgan fingerprint density at radius 3 is 2.96 bits per heavy atom. The number of amides is 1. The SMILES string of the molecule is C/C=C1/CN(C(=O)c2nn3c(-c4cscn4)cc(C4CC4)cc3c2Cl)CCN1. The van der Waals surface area contributed by atoms with E-state index in [-0.39, 0.29) is 5.91 Å². The van der Waals surface area contributed by atoms with E-state index in [0.29, 0.717) is 29.7 Å². The van der Waals surface area contributed by atoms with Gasteiger partial charge in [-0.25, -0.2) is 9.50 Å². The van der Waals surface area contributed by atoms with Gasteiger partial charge in [-0.15, -0.1) is 11.3 Å². The third kappa shape index (κ3) is 2.99. The number of hydrogen-bond donors (Lipinski definition) is 1. The fraction of sp³-hybridized carbons (Fsp3) is 0.350. The van der Waals surface area contributed by atoms with Crippen LogP contribution in [-0.4, -0.2) is 45.0 Å². The normalized spacial score (nSPS) is 18.6. The second-order valence-corrected chi connectivity index (χ2v) is 8.35. The van der Waals surface area contributed by atoms with Crippen LogP contribution in [0.25, 0.3) is 16.9 Å². The molecule has 144 valence electrons. The highest BCUT2D eigenvalue weighted by atomic mass is 35.5. The number of halogens is 1. The molecule has 0 spiro atoms. The maximum absolute atomic E-state index is 13.2. The Kier molecular flexibility index (Phi) is 4.36. The number of fused-ring (bicyclic) bond motifs is 1. The van der Waals surface area contributed by atoms with Crippen LogP contribution in [0.4, 0.5) is 0 Å². The molecule has 0 unspecified atom stereocenters. The molecule has 0 aromatic carbocycles. The van der Waals surface area contributed by atoms with Gasteiger partial charge in [0.15, 0.2) is 5.69 Å². The molecule has 0 radical (unpaired) electrons. The molecule has 4 heterocycles. The van der Waals surface area contributed by atoms with Crippen molar-refractivity contribution in [1.82, 2.24) is 24.8 Å². The van der Waals surface area contributed by atoms with E-state index in [1.54, 1.807) is 20.8 Å². The maximum atomic E-state index is 13.2. The van der Waals surface area contributed by atoms with Crippen molar-refractivity contribution in [2.75, 3.05) is 19.6 Å². The predicted octanol–water partition coefficient (Wildman–Crippen LogP) is 3.94. The second kappa shape index (κ2) is 6.90. The van der Waals surface area contributed by atoms with E-state index >= 15 is 0 Å². The van der Waals surface area contributed by atoms with E-state index in [1.807, 2.05) is 23.9 Å². The Morgan fingerprint density at radius 1 is 1.39 bits per heavy atom. The minimum atomic E-state index is -0.133. The molecule has 6 nitrogen and oxygen atoms in total. The maximum Gasteiger partial charge on any atom is 0.276 e. The lowest BCUT2D eigenvalue weighted by Crippen LogP contribution is -2.45. The van der Waals surface area contributed by atoms with Crippen LogP contribution >= 0.6 is 22.9 Å². The summed E-state index contributed by atoms with van der Waals surface area (Å²) >= 11 is 8.24. The third-order valence-corrected chi connectivity index (χ3v) is 6.33. The van der Waals surface area contributed by atoms with Crippen LogP contribution in [0.2, 0.25) is 5.02 Å². The van der Waals surface area contributed by atoms with Gasteiger partial charge in [0, 0.05) is 24.2 Å². The summed E-state index contributed by atoms with van der Waals surface area (Å²) in [5, 5.41) is 10.4. The van der Waals surface area contributed by atoms with Crippen LogP contribution in [0.1, 0.15) is 41.7 Å². The van der Waals surface area contributed by atoms with E-state index in [0.717, 1.165) is 29.1 Å². The molecule has 3 aromatic heterocycles. The van der Waals surface area contributed by atoms with Crippen molar-refractivity contribution in [2.24, 2.45) is 0 Å². The fourth-order valence-corrected chi connectivity index (χ4v) is 4.46. The number of thiazole rings is 1. The first-order chi connectivity index (χ1) is 13.7. The van der Waals surface area contributed by atoms with Crippen molar-refractivity contribution in [3.05, 3.63) is 51.1 Å². The monoisotopic (exact) mass is 413 g/mol. The average molecular weight is 414 g/mol. The second-order valence-electron chi connectivity index (χ2n) is 7.25. The molecule has 1 saturated heterocycles. The zero-order chi connectivity index (χ0) is 19.3. The van der Waals surface area contributed by atoms with Gasteiger partial charge in [0.1, 0.15) is 0 Å². The molecule has 1 aliphatic carbocycles. The number of nitrogens with one attached hydrogen (secondary N) is 1. The van der Waals surface area contributed by atoms with Crippen molar-refractivity contribution >= 4 is 34.4 Å². The van der Waals surface area contributed by atoms with Gasteiger partial charge >= 0.3 is 0 Å². The van der Waals surface area contributed by atoms with Gasteiger partial charge in [0.2, 0.25) is 0 Å². The zero-order valence-electron chi connectivity index (χ0n) is 15.5. The number of rotatable bonds is 3. The molecule has 5 rings (SSSR count). The number of pyridine rings is 1. The molecule has 2 aliphatic rings. The van der Waals surface area contributed by atoms with Gasteiger partial charge in [-0.3, -0.25) is 4.79 Å². The average Bonchev–Trinajstić information content (AvgIpc) is 3.33. The standard InChI is InChI=1S/C20H20ClN5OS/c1-2-14-9-25(6-5-22-14)20(27)19-18(21)17-8-13(12-3-4-12)7-16(26(17)24-19)15-10-28-11-23-15/h2,7-8,10-12,22H,3-6,9H2,1H3/b14-2-. The first kappa shape index (κ1) is 17.7. The Balaban J connectivity index is 1.62. The Morgan fingerprint density at radius 2 is 2.25 bits per heavy atom. The number of hydrogen-bond acceptors (Lipinski definition) is 5. The summed E-state index contributed by atoms with van der Waals surface area (Å²) in [6.45, 7) is 3.87. The minimum Gasteiger partial charge on any atom is -0.385 e. The van der Waals surface area contributed by atoms with E-state index in [1.165, 1.54) is 18.4 Å². The highest BCUT2D eigenvalue weighted by Crippen LogP contribution is 2.42.